The van der Waals surface area contributed by atoms with E-state index in [2.05, 4.69) is 5.43 Å². The predicted molar refractivity (Wildman–Crippen MR) is 71.6 cm³/mol. The molecular formula is C14H14ClFN2. The second kappa shape index (κ2) is 5.96. The molecule has 1 atom stereocenters. The monoisotopic (exact) mass is 264 g/mol. The van der Waals surface area contributed by atoms with E-state index in [-0.39, 0.29) is 11.9 Å². The molecule has 18 heavy (non-hydrogen) atoms. The molecule has 0 saturated carbocycles. The van der Waals surface area contributed by atoms with Crippen molar-refractivity contribution < 1.29 is 4.39 Å². The summed E-state index contributed by atoms with van der Waals surface area (Å²) in [4.78, 5) is 0. The zero-order chi connectivity index (χ0) is 13.0. The van der Waals surface area contributed by atoms with Gasteiger partial charge in [-0.2, -0.15) is 0 Å². The fraction of sp³-hybridized carbons (Fsp3) is 0.143. The fourth-order valence-electron chi connectivity index (χ4n) is 1.92. The number of nitrogens with two attached hydrogens (primary N) is 1. The van der Waals surface area contributed by atoms with Crippen LogP contribution in [0.2, 0.25) is 5.02 Å². The van der Waals surface area contributed by atoms with E-state index in [1.54, 1.807) is 24.3 Å². The summed E-state index contributed by atoms with van der Waals surface area (Å²) in [5, 5.41) is 0.664. The Hall–Kier alpha value is -1.42. The molecule has 0 amide bonds. The van der Waals surface area contributed by atoms with Gasteiger partial charge in [0.05, 0.1) is 6.04 Å². The minimum Gasteiger partial charge on any atom is -0.271 e. The first-order valence-electron chi connectivity index (χ1n) is 5.65. The highest BCUT2D eigenvalue weighted by molar-refractivity contribution is 6.30. The first kappa shape index (κ1) is 13.0. The maximum atomic E-state index is 13.7. The summed E-state index contributed by atoms with van der Waals surface area (Å²) in [7, 11) is 0. The van der Waals surface area contributed by atoms with Crippen LogP contribution in [0.25, 0.3) is 0 Å². The average Bonchev–Trinajstić information content (AvgIpc) is 2.37. The fourth-order valence-corrected chi connectivity index (χ4v) is 2.13. The molecule has 0 aliphatic carbocycles. The summed E-state index contributed by atoms with van der Waals surface area (Å²) in [5.41, 5.74) is 4.21. The highest BCUT2D eigenvalue weighted by atomic mass is 35.5. The standard InChI is InChI=1S/C14H14ClFN2/c15-11-5-3-4-10(8-11)9-14(18-17)12-6-1-2-7-13(12)16/h1-8,14,18H,9,17H2. The number of hydrazine groups is 1. The SMILES string of the molecule is NNC(Cc1cccc(Cl)c1)c1ccccc1F. The van der Waals surface area contributed by atoms with Crippen LogP contribution < -0.4 is 11.3 Å². The van der Waals surface area contributed by atoms with Crippen LogP contribution in [-0.4, -0.2) is 0 Å². The van der Waals surface area contributed by atoms with Crippen LogP contribution in [0.3, 0.4) is 0 Å². The molecule has 1 unspecified atom stereocenters. The molecule has 0 heterocycles. The van der Waals surface area contributed by atoms with Gasteiger partial charge in [-0.3, -0.25) is 11.3 Å². The van der Waals surface area contributed by atoms with Gasteiger partial charge in [0, 0.05) is 10.6 Å². The number of halogens is 2. The highest BCUT2D eigenvalue weighted by Crippen LogP contribution is 2.21. The van der Waals surface area contributed by atoms with Crippen LogP contribution in [0.15, 0.2) is 48.5 Å². The van der Waals surface area contributed by atoms with Gasteiger partial charge in [0.25, 0.3) is 0 Å². The van der Waals surface area contributed by atoms with Crippen LogP contribution in [0, 0.1) is 5.82 Å². The predicted octanol–water partition coefficient (Wildman–Crippen LogP) is 3.23. The first-order valence-corrected chi connectivity index (χ1v) is 6.03. The maximum Gasteiger partial charge on any atom is 0.128 e. The minimum atomic E-state index is -0.273. The van der Waals surface area contributed by atoms with Crippen LogP contribution in [0.4, 0.5) is 4.39 Å². The van der Waals surface area contributed by atoms with Crippen molar-refractivity contribution in [3.63, 3.8) is 0 Å². The van der Waals surface area contributed by atoms with Gasteiger partial charge in [-0.1, -0.05) is 41.9 Å². The first-order chi connectivity index (χ1) is 8.70. The summed E-state index contributed by atoms with van der Waals surface area (Å²) < 4.78 is 13.7. The number of benzene rings is 2. The van der Waals surface area contributed by atoms with E-state index in [0.29, 0.717) is 17.0 Å². The van der Waals surface area contributed by atoms with E-state index in [4.69, 9.17) is 17.4 Å². The normalized spacial score (nSPS) is 12.4. The van der Waals surface area contributed by atoms with E-state index in [1.165, 1.54) is 6.07 Å². The van der Waals surface area contributed by atoms with Crippen molar-refractivity contribution in [2.75, 3.05) is 0 Å². The maximum absolute atomic E-state index is 13.7. The summed E-state index contributed by atoms with van der Waals surface area (Å²) >= 11 is 5.92. The summed E-state index contributed by atoms with van der Waals surface area (Å²) in [5.74, 6) is 5.25. The largest absolute Gasteiger partial charge is 0.271 e. The average molecular weight is 265 g/mol. The smallest absolute Gasteiger partial charge is 0.128 e. The molecule has 0 saturated heterocycles. The molecule has 2 aromatic carbocycles. The molecule has 0 fully saturated rings. The van der Waals surface area contributed by atoms with Crippen molar-refractivity contribution in [1.82, 2.24) is 5.43 Å². The minimum absolute atomic E-state index is 0.262. The van der Waals surface area contributed by atoms with Gasteiger partial charge in [-0.05, 0) is 30.2 Å². The van der Waals surface area contributed by atoms with E-state index in [9.17, 15) is 4.39 Å². The third-order valence-electron chi connectivity index (χ3n) is 2.81. The van der Waals surface area contributed by atoms with E-state index < -0.39 is 0 Å². The lowest BCUT2D eigenvalue weighted by atomic mass is 9.99. The van der Waals surface area contributed by atoms with Gasteiger partial charge >= 0.3 is 0 Å². The lowest BCUT2D eigenvalue weighted by Gasteiger charge is -2.17. The van der Waals surface area contributed by atoms with Crippen molar-refractivity contribution in [2.45, 2.75) is 12.5 Å². The highest BCUT2D eigenvalue weighted by Gasteiger charge is 2.14. The van der Waals surface area contributed by atoms with Crippen molar-refractivity contribution >= 4 is 11.6 Å². The van der Waals surface area contributed by atoms with Crippen molar-refractivity contribution in [3.05, 3.63) is 70.5 Å². The van der Waals surface area contributed by atoms with Crippen LogP contribution >= 0.6 is 11.6 Å². The third-order valence-corrected chi connectivity index (χ3v) is 3.05. The molecule has 0 aliphatic rings. The topological polar surface area (TPSA) is 38.0 Å². The van der Waals surface area contributed by atoms with Crippen molar-refractivity contribution in [2.24, 2.45) is 5.84 Å². The Morgan fingerprint density at radius 3 is 2.61 bits per heavy atom. The van der Waals surface area contributed by atoms with Crippen LogP contribution in [0.5, 0.6) is 0 Å². The molecular weight excluding hydrogens is 251 g/mol. The second-order valence-corrected chi connectivity index (χ2v) is 4.51. The van der Waals surface area contributed by atoms with Crippen molar-refractivity contribution in [3.8, 4) is 0 Å². The number of hydrogen-bond donors (Lipinski definition) is 2. The molecule has 0 radical (unpaired) electrons. The molecule has 0 spiro atoms. The summed E-state index contributed by atoms with van der Waals surface area (Å²) in [6.45, 7) is 0. The Balaban J connectivity index is 2.23. The van der Waals surface area contributed by atoms with Gasteiger partial charge in [0.15, 0.2) is 0 Å². The Morgan fingerprint density at radius 2 is 1.94 bits per heavy atom. The number of hydrogen-bond acceptors (Lipinski definition) is 2. The third kappa shape index (κ3) is 3.07. The van der Waals surface area contributed by atoms with E-state index in [1.807, 2.05) is 18.2 Å². The molecule has 0 bridgehead atoms. The lowest BCUT2D eigenvalue weighted by molar-refractivity contribution is 0.510. The second-order valence-electron chi connectivity index (χ2n) is 4.07. The van der Waals surface area contributed by atoms with Crippen LogP contribution in [0.1, 0.15) is 17.2 Å². The van der Waals surface area contributed by atoms with E-state index >= 15 is 0 Å². The quantitative estimate of drug-likeness (QED) is 0.657. The molecule has 2 rings (SSSR count). The molecule has 2 aromatic rings. The molecule has 94 valence electrons. The zero-order valence-corrected chi connectivity index (χ0v) is 10.5. The lowest BCUT2D eigenvalue weighted by Crippen LogP contribution is -2.30. The van der Waals surface area contributed by atoms with Gasteiger partial charge in [-0.25, -0.2) is 4.39 Å². The Morgan fingerprint density at radius 1 is 1.17 bits per heavy atom. The molecule has 2 nitrogen and oxygen atoms in total. The summed E-state index contributed by atoms with van der Waals surface area (Å²) in [6.07, 6.45) is 0.581. The van der Waals surface area contributed by atoms with Crippen molar-refractivity contribution in [1.29, 1.82) is 0 Å². The Kier molecular flexibility index (Phi) is 4.31. The van der Waals surface area contributed by atoms with E-state index in [0.717, 1.165) is 5.56 Å². The van der Waals surface area contributed by atoms with Gasteiger partial charge in [0.1, 0.15) is 5.82 Å². The van der Waals surface area contributed by atoms with Gasteiger partial charge in [-0.15, -0.1) is 0 Å². The van der Waals surface area contributed by atoms with Gasteiger partial charge in [0.2, 0.25) is 0 Å². The van der Waals surface area contributed by atoms with Gasteiger partial charge < -0.3 is 0 Å². The Bertz CT molecular complexity index is 531. The number of nitrogens with one attached hydrogen (secondary N) is 1. The summed E-state index contributed by atoms with van der Waals surface area (Å²) in [6, 6.07) is 13.8. The molecule has 0 aliphatic heterocycles. The number of rotatable bonds is 4. The zero-order valence-electron chi connectivity index (χ0n) is 9.74. The Labute approximate surface area is 111 Å². The molecule has 3 N–H and O–H groups in total. The van der Waals surface area contributed by atoms with Crippen LogP contribution in [-0.2, 0) is 6.42 Å². The molecule has 0 aromatic heterocycles. The molecule has 4 heteroatoms.